The second-order valence-electron chi connectivity index (χ2n) is 15.0. The largest absolute Gasteiger partial charge is 0.347 e. The van der Waals surface area contributed by atoms with E-state index in [0.29, 0.717) is 17.5 Å². The van der Waals surface area contributed by atoms with E-state index in [-0.39, 0.29) is 17.9 Å². The molecule has 7 aromatic rings. The summed E-state index contributed by atoms with van der Waals surface area (Å²) in [5, 5.41) is 13.8. The Labute approximate surface area is 345 Å². The third kappa shape index (κ3) is 7.80. The lowest BCUT2D eigenvalue weighted by atomic mass is 9.76. The van der Waals surface area contributed by atoms with Crippen LogP contribution in [-0.4, -0.2) is 17.9 Å². The van der Waals surface area contributed by atoms with Crippen LogP contribution in [0.25, 0.3) is 0 Å². The zero-order valence-corrected chi connectivity index (χ0v) is 35.2. The van der Waals surface area contributed by atoms with Crippen molar-refractivity contribution in [3.63, 3.8) is 0 Å². The highest BCUT2D eigenvalue weighted by Crippen LogP contribution is 2.40. The third-order valence-corrected chi connectivity index (χ3v) is 16.7. The molecular weight excluding hydrogens is 747 g/mol. The molecule has 58 heavy (non-hydrogen) atoms. The fraction of sp³-hybridized carbons (Fsp3) is 0.154. The lowest BCUT2D eigenvalue weighted by Crippen LogP contribution is -2.50. The molecule has 0 spiro atoms. The van der Waals surface area contributed by atoms with E-state index >= 15 is 4.79 Å². The highest BCUT2D eigenvalue weighted by molar-refractivity contribution is 7.80. The van der Waals surface area contributed by atoms with Crippen LogP contribution in [0.1, 0.15) is 66.6 Å². The molecule has 6 heteroatoms. The van der Waals surface area contributed by atoms with E-state index in [1.54, 1.807) is 0 Å². The van der Waals surface area contributed by atoms with Crippen LogP contribution < -0.4 is 42.5 Å². The summed E-state index contributed by atoms with van der Waals surface area (Å²) in [4.78, 5) is 29.8. The van der Waals surface area contributed by atoms with Crippen molar-refractivity contribution < 1.29 is 9.59 Å². The van der Waals surface area contributed by atoms with E-state index in [2.05, 4.69) is 148 Å². The summed E-state index contributed by atoms with van der Waals surface area (Å²) in [6.07, 6.45) is 1.51. The zero-order chi connectivity index (χ0) is 40.2. The molecule has 0 aliphatic heterocycles. The number of fused-ring (bicyclic) bond motifs is 1. The minimum Gasteiger partial charge on any atom is -0.347 e. The van der Waals surface area contributed by atoms with Gasteiger partial charge in [-0.3, -0.25) is 9.59 Å². The van der Waals surface area contributed by atoms with Gasteiger partial charge in [0.05, 0.1) is 12.1 Å². The highest BCUT2D eigenvalue weighted by atomic mass is 31.1. The average Bonchev–Trinajstić information content (AvgIpc) is 3.27. The maximum Gasteiger partial charge on any atom is 0.252 e. The minimum absolute atomic E-state index is 0.127. The molecule has 0 aromatic heterocycles. The Morgan fingerprint density at radius 1 is 0.448 bits per heavy atom. The number of amides is 2. The van der Waals surface area contributed by atoms with Gasteiger partial charge in [0.25, 0.3) is 11.8 Å². The van der Waals surface area contributed by atoms with Crippen LogP contribution in [0.2, 0.25) is 0 Å². The molecule has 2 atom stereocenters. The van der Waals surface area contributed by atoms with Crippen molar-refractivity contribution in [2.75, 3.05) is 0 Å². The SMILES string of the molecule is Cc1c(C)c(C)c2c(c1C)CC[C@H](NC(=O)c1ccccc1P(c1ccccc1)c1ccccc1)[C@H]2NC(=O)c1ccccc1P(c1ccccc1)c1ccccc1. The molecule has 1 aliphatic carbocycles. The van der Waals surface area contributed by atoms with Gasteiger partial charge in [0.2, 0.25) is 0 Å². The van der Waals surface area contributed by atoms with Gasteiger partial charge < -0.3 is 10.6 Å². The predicted molar refractivity (Wildman–Crippen MR) is 245 cm³/mol. The van der Waals surface area contributed by atoms with Crippen LogP contribution in [0, 0.1) is 27.7 Å². The molecule has 2 N–H and O–H groups in total. The Morgan fingerprint density at radius 2 is 0.810 bits per heavy atom. The van der Waals surface area contributed by atoms with E-state index in [4.69, 9.17) is 0 Å². The van der Waals surface area contributed by atoms with E-state index < -0.39 is 21.9 Å². The van der Waals surface area contributed by atoms with Crippen LogP contribution >= 0.6 is 15.8 Å². The molecule has 8 rings (SSSR count). The van der Waals surface area contributed by atoms with Gasteiger partial charge in [-0.1, -0.05) is 158 Å². The Bertz CT molecular complexity index is 2480. The molecule has 0 saturated carbocycles. The summed E-state index contributed by atoms with van der Waals surface area (Å²) in [6.45, 7) is 8.74. The Balaban J connectivity index is 1.19. The quantitative estimate of drug-likeness (QED) is 0.136. The molecule has 2 amide bonds. The van der Waals surface area contributed by atoms with Crippen LogP contribution in [0.4, 0.5) is 0 Å². The molecule has 0 saturated heterocycles. The first kappa shape index (κ1) is 39.2. The number of hydrogen-bond acceptors (Lipinski definition) is 2. The predicted octanol–water partition coefficient (Wildman–Crippen LogP) is 8.65. The van der Waals surface area contributed by atoms with Gasteiger partial charge in [-0.25, -0.2) is 0 Å². The van der Waals surface area contributed by atoms with Crippen molar-refractivity contribution in [3.05, 3.63) is 214 Å². The Hall–Kier alpha value is -5.66. The second-order valence-corrected chi connectivity index (χ2v) is 19.4. The smallest absolute Gasteiger partial charge is 0.252 e. The molecule has 0 fully saturated rings. The maximum atomic E-state index is 15.0. The summed E-state index contributed by atoms with van der Waals surface area (Å²) < 4.78 is 0. The fourth-order valence-electron chi connectivity index (χ4n) is 8.51. The third-order valence-electron chi connectivity index (χ3n) is 11.7. The van der Waals surface area contributed by atoms with Gasteiger partial charge in [-0.2, -0.15) is 0 Å². The standard InChI is InChI=1S/C52H48N2O2P2/c1-35-36(2)38(4)49-43(37(35)3)33-34-46(53-51(55)44-29-17-19-31-47(44)57(39-21-9-5-10-22-39)40-23-11-6-12-24-40)50(49)54-52(56)45-30-18-20-32-48(45)58(41-25-13-7-14-26-41)42-27-15-8-16-28-42/h5-32,46,50H,33-34H2,1-4H3,(H,53,55)(H,54,56)/t46-,50+/m0/s1. The summed E-state index contributed by atoms with van der Waals surface area (Å²) in [5.41, 5.74) is 8.66. The molecule has 1 aliphatic rings. The topological polar surface area (TPSA) is 58.2 Å². The molecule has 0 unspecified atom stereocenters. The molecule has 0 heterocycles. The molecule has 0 radical (unpaired) electrons. The van der Waals surface area contributed by atoms with Crippen molar-refractivity contribution >= 4 is 59.5 Å². The van der Waals surface area contributed by atoms with Gasteiger partial charge >= 0.3 is 0 Å². The van der Waals surface area contributed by atoms with Gasteiger partial charge in [0.1, 0.15) is 0 Å². The van der Waals surface area contributed by atoms with Crippen molar-refractivity contribution in [3.8, 4) is 0 Å². The minimum atomic E-state index is -1.03. The first-order valence-electron chi connectivity index (χ1n) is 20.0. The van der Waals surface area contributed by atoms with Gasteiger partial charge in [-0.05, 0) is 134 Å². The Morgan fingerprint density at radius 3 is 1.24 bits per heavy atom. The molecule has 7 aromatic carbocycles. The molecule has 4 nitrogen and oxygen atoms in total. The maximum absolute atomic E-state index is 15.0. The van der Waals surface area contributed by atoms with E-state index in [0.717, 1.165) is 22.6 Å². The molecule has 288 valence electrons. The number of nitrogens with one attached hydrogen (secondary N) is 2. The zero-order valence-electron chi connectivity index (χ0n) is 33.4. The van der Waals surface area contributed by atoms with Crippen LogP contribution in [-0.2, 0) is 6.42 Å². The van der Waals surface area contributed by atoms with Gasteiger partial charge in [-0.15, -0.1) is 0 Å². The number of hydrogen-bond donors (Lipinski definition) is 2. The second kappa shape index (κ2) is 17.5. The summed E-state index contributed by atoms with van der Waals surface area (Å²) in [6, 6.07) is 57.2. The highest BCUT2D eigenvalue weighted by Gasteiger charge is 2.37. The fourth-order valence-corrected chi connectivity index (χ4v) is 13.4. The average molecular weight is 795 g/mol. The number of rotatable bonds is 10. The van der Waals surface area contributed by atoms with Crippen molar-refractivity contribution in [1.82, 2.24) is 10.6 Å². The van der Waals surface area contributed by atoms with Crippen LogP contribution in [0.15, 0.2) is 170 Å². The number of carbonyl (C=O) groups is 2. The monoisotopic (exact) mass is 794 g/mol. The van der Waals surface area contributed by atoms with Crippen molar-refractivity contribution in [2.45, 2.75) is 52.6 Å². The normalized spacial score (nSPS) is 14.9. The summed E-state index contributed by atoms with van der Waals surface area (Å²) in [5.74, 6) is -0.266. The first-order valence-corrected chi connectivity index (χ1v) is 22.7. The Kier molecular flexibility index (Phi) is 11.8. The van der Waals surface area contributed by atoms with Crippen LogP contribution in [0.3, 0.4) is 0 Å². The van der Waals surface area contributed by atoms with E-state index in [9.17, 15) is 4.79 Å². The van der Waals surface area contributed by atoms with E-state index in [1.165, 1.54) is 49.0 Å². The lowest BCUT2D eigenvalue weighted by molar-refractivity contribution is 0.0875. The molecule has 0 bridgehead atoms. The van der Waals surface area contributed by atoms with Gasteiger partial charge in [0, 0.05) is 11.1 Å². The van der Waals surface area contributed by atoms with Gasteiger partial charge in [0.15, 0.2) is 0 Å². The number of carbonyl (C=O) groups excluding carboxylic acids is 2. The first-order chi connectivity index (χ1) is 28.3. The lowest BCUT2D eigenvalue weighted by Gasteiger charge is -2.38. The summed E-state index contributed by atoms with van der Waals surface area (Å²) in [7, 11) is -2.04. The number of benzene rings is 7. The van der Waals surface area contributed by atoms with Crippen molar-refractivity contribution in [1.29, 1.82) is 0 Å². The van der Waals surface area contributed by atoms with Crippen LogP contribution in [0.5, 0.6) is 0 Å². The summed E-state index contributed by atoms with van der Waals surface area (Å²) >= 11 is 0. The van der Waals surface area contributed by atoms with Crippen molar-refractivity contribution in [2.24, 2.45) is 0 Å². The van der Waals surface area contributed by atoms with E-state index in [1.807, 2.05) is 60.7 Å². The molecular formula is C52H48N2O2P2.